The van der Waals surface area contributed by atoms with E-state index >= 15 is 0 Å². The standard InChI is InChI=1S/C16H27N5O/c1-2-17-14-5-8-18-15(19-14)21-11-6-16(22,7-12-21)13-20-9-3-4-10-20/h5,8,22H,2-4,6-7,9-13H2,1H3,(H,17,18,19). The number of aromatic nitrogens is 2. The Hall–Kier alpha value is -1.40. The average molecular weight is 305 g/mol. The number of rotatable bonds is 5. The maximum atomic E-state index is 10.8. The maximum Gasteiger partial charge on any atom is 0.227 e. The fraction of sp³-hybridized carbons (Fsp3) is 0.750. The molecule has 2 aliphatic heterocycles. The molecular formula is C16H27N5O. The summed E-state index contributed by atoms with van der Waals surface area (Å²) in [7, 11) is 0. The smallest absolute Gasteiger partial charge is 0.227 e. The van der Waals surface area contributed by atoms with Gasteiger partial charge < -0.3 is 20.2 Å². The van der Waals surface area contributed by atoms with Gasteiger partial charge in [-0.1, -0.05) is 0 Å². The number of likely N-dealkylation sites (tertiary alicyclic amines) is 1. The summed E-state index contributed by atoms with van der Waals surface area (Å²) in [6.45, 7) is 7.64. The summed E-state index contributed by atoms with van der Waals surface area (Å²) in [6.07, 6.45) is 5.92. The summed E-state index contributed by atoms with van der Waals surface area (Å²) in [5.41, 5.74) is -0.542. The predicted molar refractivity (Wildman–Crippen MR) is 88.3 cm³/mol. The van der Waals surface area contributed by atoms with Gasteiger partial charge in [-0.2, -0.15) is 4.98 Å². The Kier molecular flexibility index (Phi) is 4.78. The number of β-amino-alcohol motifs (C(OH)–C–C–N with tert-alkyl or cyclic N) is 1. The van der Waals surface area contributed by atoms with Gasteiger partial charge in [0.15, 0.2) is 0 Å². The first-order chi connectivity index (χ1) is 10.7. The monoisotopic (exact) mass is 305 g/mol. The largest absolute Gasteiger partial charge is 0.388 e. The fourth-order valence-electron chi connectivity index (χ4n) is 3.42. The lowest BCUT2D eigenvalue weighted by molar-refractivity contribution is -0.0112. The second kappa shape index (κ2) is 6.79. The highest BCUT2D eigenvalue weighted by molar-refractivity contribution is 5.41. The van der Waals surface area contributed by atoms with E-state index in [9.17, 15) is 5.11 Å². The molecule has 2 fully saturated rings. The summed E-state index contributed by atoms with van der Waals surface area (Å²) >= 11 is 0. The lowest BCUT2D eigenvalue weighted by Gasteiger charge is -2.40. The van der Waals surface area contributed by atoms with Crippen molar-refractivity contribution in [3.63, 3.8) is 0 Å². The zero-order valence-electron chi connectivity index (χ0n) is 13.5. The van der Waals surface area contributed by atoms with E-state index < -0.39 is 5.60 Å². The minimum Gasteiger partial charge on any atom is -0.388 e. The summed E-state index contributed by atoms with van der Waals surface area (Å²) in [4.78, 5) is 13.5. The van der Waals surface area contributed by atoms with Gasteiger partial charge in [0.2, 0.25) is 5.95 Å². The number of nitrogens with zero attached hydrogens (tertiary/aromatic N) is 4. The second-order valence-corrected chi connectivity index (χ2v) is 6.47. The first-order valence-corrected chi connectivity index (χ1v) is 8.45. The fourth-order valence-corrected chi connectivity index (χ4v) is 3.42. The van der Waals surface area contributed by atoms with Crippen LogP contribution in [0.15, 0.2) is 12.3 Å². The van der Waals surface area contributed by atoms with Gasteiger partial charge in [0.1, 0.15) is 5.82 Å². The Bertz CT molecular complexity index is 481. The van der Waals surface area contributed by atoms with Gasteiger partial charge in [-0.25, -0.2) is 4.98 Å². The number of hydrogen-bond acceptors (Lipinski definition) is 6. The van der Waals surface area contributed by atoms with Crippen LogP contribution in [-0.2, 0) is 0 Å². The molecule has 0 atom stereocenters. The van der Waals surface area contributed by atoms with E-state index in [-0.39, 0.29) is 0 Å². The van der Waals surface area contributed by atoms with Crippen LogP contribution >= 0.6 is 0 Å². The number of piperidine rings is 1. The van der Waals surface area contributed by atoms with E-state index in [1.54, 1.807) is 6.20 Å². The molecule has 22 heavy (non-hydrogen) atoms. The Balaban J connectivity index is 1.57. The quantitative estimate of drug-likeness (QED) is 0.856. The molecule has 1 aromatic rings. The van der Waals surface area contributed by atoms with Crippen LogP contribution < -0.4 is 10.2 Å². The molecule has 3 rings (SSSR count). The van der Waals surface area contributed by atoms with Gasteiger partial charge >= 0.3 is 0 Å². The van der Waals surface area contributed by atoms with Gasteiger partial charge in [0, 0.05) is 32.4 Å². The second-order valence-electron chi connectivity index (χ2n) is 6.47. The molecule has 2 N–H and O–H groups in total. The molecular weight excluding hydrogens is 278 g/mol. The molecule has 0 saturated carbocycles. The minimum absolute atomic E-state index is 0.542. The molecule has 0 aliphatic carbocycles. The Morgan fingerprint density at radius 3 is 2.64 bits per heavy atom. The molecule has 0 amide bonds. The van der Waals surface area contributed by atoms with Crippen molar-refractivity contribution in [3.8, 4) is 0 Å². The molecule has 2 saturated heterocycles. The summed E-state index contributed by atoms with van der Waals surface area (Å²) in [6, 6.07) is 1.89. The highest BCUT2D eigenvalue weighted by Gasteiger charge is 2.35. The number of hydrogen-bond donors (Lipinski definition) is 2. The number of nitrogens with one attached hydrogen (secondary N) is 1. The van der Waals surface area contributed by atoms with Crippen molar-refractivity contribution >= 4 is 11.8 Å². The Morgan fingerprint density at radius 2 is 1.95 bits per heavy atom. The van der Waals surface area contributed by atoms with Crippen molar-refractivity contribution in [2.75, 3.05) is 49.5 Å². The average Bonchev–Trinajstić information content (AvgIpc) is 3.01. The lowest BCUT2D eigenvalue weighted by Crippen LogP contribution is -2.50. The first-order valence-electron chi connectivity index (χ1n) is 8.45. The number of aliphatic hydroxyl groups is 1. The van der Waals surface area contributed by atoms with Crippen LogP contribution in [0, 0.1) is 0 Å². The third-order valence-electron chi connectivity index (χ3n) is 4.69. The summed E-state index contributed by atoms with van der Waals surface area (Å²) < 4.78 is 0. The van der Waals surface area contributed by atoms with Gasteiger partial charge in [0.25, 0.3) is 0 Å². The van der Waals surface area contributed by atoms with Gasteiger partial charge in [-0.15, -0.1) is 0 Å². The van der Waals surface area contributed by atoms with Gasteiger partial charge in [0.05, 0.1) is 5.60 Å². The van der Waals surface area contributed by atoms with Crippen LogP contribution in [0.2, 0.25) is 0 Å². The van der Waals surface area contributed by atoms with Crippen LogP contribution in [0.1, 0.15) is 32.6 Å². The Morgan fingerprint density at radius 1 is 1.23 bits per heavy atom. The van der Waals surface area contributed by atoms with Crippen LogP contribution in [0.3, 0.4) is 0 Å². The topological polar surface area (TPSA) is 64.5 Å². The third-order valence-corrected chi connectivity index (χ3v) is 4.69. The summed E-state index contributed by atoms with van der Waals surface area (Å²) in [5.74, 6) is 1.63. The number of anilines is 2. The zero-order chi connectivity index (χ0) is 15.4. The molecule has 0 radical (unpaired) electrons. The third kappa shape index (κ3) is 3.67. The first kappa shape index (κ1) is 15.5. The molecule has 6 nitrogen and oxygen atoms in total. The normalized spacial score (nSPS) is 22.0. The van der Waals surface area contributed by atoms with Crippen LogP contribution in [0.4, 0.5) is 11.8 Å². The lowest BCUT2D eigenvalue weighted by atomic mass is 9.91. The molecule has 3 heterocycles. The minimum atomic E-state index is -0.542. The van der Waals surface area contributed by atoms with Crippen molar-refractivity contribution in [2.24, 2.45) is 0 Å². The van der Waals surface area contributed by atoms with E-state index in [1.807, 2.05) is 6.07 Å². The van der Waals surface area contributed by atoms with Gasteiger partial charge in [-0.05, 0) is 51.8 Å². The molecule has 1 aromatic heterocycles. The van der Waals surface area contributed by atoms with Gasteiger partial charge in [-0.3, -0.25) is 0 Å². The molecule has 122 valence electrons. The molecule has 6 heteroatoms. The van der Waals surface area contributed by atoms with Crippen molar-refractivity contribution in [1.29, 1.82) is 0 Å². The van der Waals surface area contributed by atoms with Crippen molar-refractivity contribution < 1.29 is 5.11 Å². The molecule has 2 aliphatic rings. The maximum absolute atomic E-state index is 10.8. The van der Waals surface area contributed by atoms with Crippen molar-refractivity contribution in [3.05, 3.63) is 12.3 Å². The van der Waals surface area contributed by atoms with E-state index in [1.165, 1.54) is 12.8 Å². The van der Waals surface area contributed by atoms with E-state index in [2.05, 4.69) is 32.0 Å². The molecule has 0 spiro atoms. The molecule has 0 bridgehead atoms. The molecule has 0 unspecified atom stereocenters. The predicted octanol–water partition coefficient (Wildman–Crippen LogP) is 1.34. The van der Waals surface area contributed by atoms with E-state index in [4.69, 9.17) is 0 Å². The highest BCUT2D eigenvalue weighted by Crippen LogP contribution is 2.27. The highest BCUT2D eigenvalue weighted by atomic mass is 16.3. The van der Waals surface area contributed by atoms with Crippen LogP contribution in [0.5, 0.6) is 0 Å². The van der Waals surface area contributed by atoms with E-state index in [0.717, 1.165) is 63.9 Å². The van der Waals surface area contributed by atoms with Crippen molar-refractivity contribution in [2.45, 2.75) is 38.2 Å². The van der Waals surface area contributed by atoms with Crippen LogP contribution in [0.25, 0.3) is 0 Å². The van der Waals surface area contributed by atoms with Crippen molar-refractivity contribution in [1.82, 2.24) is 14.9 Å². The van der Waals surface area contributed by atoms with E-state index in [0.29, 0.717) is 0 Å². The summed E-state index contributed by atoms with van der Waals surface area (Å²) in [5, 5.41) is 14.0. The Labute approximate surface area is 132 Å². The SMILES string of the molecule is CCNc1ccnc(N2CCC(O)(CN3CCCC3)CC2)n1. The zero-order valence-corrected chi connectivity index (χ0v) is 13.5. The van der Waals surface area contributed by atoms with Crippen LogP contribution in [-0.4, -0.2) is 64.8 Å². The molecule has 0 aromatic carbocycles.